The second-order valence-electron chi connectivity index (χ2n) is 4.89. The first-order valence-electron chi connectivity index (χ1n) is 6.54. The van der Waals surface area contributed by atoms with Gasteiger partial charge in [0.25, 0.3) is 0 Å². The highest BCUT2D eigenvalue weighted by Crippen LogP contribution is 2.31. The molecule has 20 heavy (non-hydrogen) atoms. The average Bonchev–Trinajstić information content (AvgIpc) is 3.02. The van der Waals surface area contributed by atoms with Crippen molar-refractivity contribution >= 4 is 39.3 Å². The molecular formula is C13H17BrN2O3S. The maximum atomic E-state index is 11.7. The van der Waals surface area contributed by atoms with Crippen molar-refractivity contribution in [2.24, 2.45) is 11.8 Å². The number of amides is 2. The van der Waals surface area contributed by atoms with Crippen LogP contribution >= 0.6 is 27.3 Å². The number of carboxylic acids is 1. The van der Waals surface area contributed by atoms with Crippen LogP contribution in [-0.4, -0.2) is 23.7 Å². The summed E-state index contributed by atoms with van der Waals surface area (Å²) in [6.45, 7) is 0.894. The van der Waals surface area contributed by atoms with Gasteiger partial charge in [-0.25, -0.2) is 4.79 Å². The number of hydrogen-bond donors (Lipinski definition) is 3. The number of aliphatic carboxylic acids is 1. The molecule has 0 bridgehead atoms. The van der Waals surface area contributed by atoms with E-state index in [1.165, 1.54) is 0 Å². The third kappa shape index (κ3) is 3.96. The topological polar surface area (TPSA) is 78.4 Å². The number of halogens is 1. The molecule has 2 rings (SSSR count). The molecule has 2 atom stereocenters. The predicted octanol–water partition coefficient (Wildman–Crippen LogP) is 2.81. The van der Waals surface area contributed by atoms with Crippen LogP contribution in [0.2, 0.25) is 0 Å². The number of urea groups is 1. The zero-order chi connectivity index (χ0) is 14.5. The fourth-order valence-electron chi connectivity index (χ4n) is 2.50. The molecule has 1 aromatic rings. The minimum Gasteiger partial charge on any atom is -0.481 e. The first-order chi connectivity index (χ1) is 9.58. The van der Waals surface area contributed by atoms with Crippen LogP contribution in [0.15, 0.2) is 15.9 Å². The molecule has 1 fully saturated rings. The van der Waals surface area contributed by atoms with E-state index >= 15 is 0 Å². The van der Waals surface area contributed by atoms with Crippen molar-refractivity contribution in [2.75, 3.05) is 6.54 Å². The summed E-state index contributed by atoms with van der Waals surface area (Å²) in [5.41, 5.74) is 0. The zero-order valence-corrected chi connectivity index (χ0v) is 13.3. The van der Waals surface area contributed by atoms with E-state index in [2.05, 4.69) is 26.6 Å². The Labute approximate surface area is 129 Å². The fourth-order valence-corrected chi connectivity index (χ4v) is 3.94. The number of hydrogen-bond acceptors (Lipinski definition) is 3. The first-order valence-corrected chi connectivity index (χ1v) is 8.21. The third-order valence-corrected chi connectivity index (χ3v) is 5.53. The maximum Gasteiger partial charge on any atom is 0.315 e. The Balaban J connectivity index is 1.72. The molecular weight excluding hydrogens is 344 g/mol. The number of rotatable bonds is 5. The van der Waals surface area contributed by atoms with Crippen LogP contribution in [0.4, 0.5) is 4.79 Å². The van der Waals surface area contributed by atoms with Gasteiger partial charge in [-0.3, -0.25) is 4.79 Å². The van der Waals surface area contributed by atoms with E-state index in [-0.39, 0.29) is 17.9 Å². The average molecular weight is 361 g/mol. The van der Waals surface area contributed by atoms with Crippen molar-refractivity contribution in [3.8, 4) is 0 Å². The maximum absolute atomic E-state index is 11.7. The Morgan fingerprint density at radius 2 is 2.20 bits per heavy atom. The van der Waals surface area contributed by atoms with Gasteiger partial charge in [0.15, 0.2) is 0 Å². The zero-order valence-electron chi connectivity index (χ0n) is 10.9. The van der Waals surface area contributed by atoms with Crippen molar-refractivity contribution in [1.29, 1.82) is 0 Å². The smallest absolute Gasteiger partial charge is 0.315 e. The van der Waals surface area contributed by atoms with E-state index in [1.54, 1.807) is 11.3 Å². The number of thiophene rings is 1. The second-order valence-corrected chi connectivity index (χ2v) is 6.75. The van der Waals surface area contributed by atoms with Gasteiger partial charge in [0, 0.05) is 15.9 Å². The van der Waals surface area contributed by atoms with Gasteiger partial charge in [-0.1, -0.05) is 6.42 Å². The Hall–Kier alpha value is -1.08. The molecule has 110 valence electrons. The Morgan fingerprint density at radius 3 is 2.85 bits per heavy atom. The lowest BCUT2D eigenvalue weighted by molar-refractivity contribution is -0.142. The molecule has 3 N–H and O–H groups in total. The van der Waals surface area contributed by atoms with Crippen molar-refractivity contribution < 1.29 is 14.7 Å². The van der Waals surface area contributed by atoms with Crippen molar-refractivity contribution in [2.45, 2.75) is 25.8 Å². The van der Waals surface area contributed by atoms with E-state index in [1.807, 2.05) is 11.4 Å². The molecule has 1 aliphatic rings. The summed E-state index contributed by atoms with van der Waals surface area (Å²) in [5, 5.41) is 16.6. The quantitative estimate of drug-likeness (QED) is 0.755. The summed E-state index contributed by atoms with van der Waals surface area (Å²) in [4.78, 5) is 23.8. The van der Waals surface area contributed by atoms with Crippen molar-refractivity contribution in [3.63, 3.8) is 0 Å². The number of carbonyl (C=O) groups excluding carboxylic acids is 1. The summed E-state index contributed by atoms with van der Waals surface area (Å²) in [6.07, 6.45) is 2.51. The lowest BCUT2D eigenvalue weighted by Crippen LogP contribution is -2.39. The predicted molar refractivity (Wildman–Crippen MR) is 80.7 cm³/mol. The standard InChI is InChI=1S/C13H17BrN2O3S/c14-10-4-5-20-11(10)7-16-13(19)15-6-8-2-1-3-9(8)12(17)18/h4-5,8-9H,1-3,6-7H2,(H,17,18)(H2,15,16,19). The highest BCUT2D eigenvalue weighted by atomic mass is 79.9. The van der Waals surface area contributed by atoms with Gasteiger partial charge < -0.3 is 15.7 Å². The third-order valence-electron chi connectivity index (χ3n) is 3.60. The number of carbonyl (C=O) groups is 2. The van der Waals surface area contributed by atoms with Crippen LogP contribution in [0.3, 0.4) is 0 Å². The molecule has 1 aliphatic carbocycles. The molecule has 1 aromatic heterocycles. The van der Waals surface area contributed by atoms with Crippen LogP contribution < -0.4 is 10.6 Å². The van der Waals surface area contributed by atoms with Crippen LogP contribution in [0.5, 0.6) is 0 Å². The van der Waals surface area contributed by atoms with Crippen LogP contribution in [-0.2, 0) is 11.3 Å². The Kier molecular flexibility index (Phi) is 5.42. The van der Waals surface area contributed by atoms with Gasteiger partial charge in [0.1, 0.15) is 0 Å². The molecule has 1 saturated carbocycles. The molecule has 0 radical (unpaired) electrons. The van der Waals surface area contributed by atoms with Gasteiger partial charge in [0.2, 0.25) is 0 Å². The molecule has 0 spiro atoms. The van der Waals surface area contributed by atoms with Crippen molar-refractivity contribution in [1.82, 2.24) is 10.6 Å². The number of nitrogens with one attached hydrogen (secondary N) is 2. The summed E-state index contributed by atoms with van der Waals surface area (Å²) in [6, 6.07) is 1.69. The van der Waals surface area contributed by atoms with Gasteiger partial charge in [-0.2, -0.15) is 0 Å². The summed E-state index contributed by atoms with van der Waals surface area (Å²) in [7, 11) is 0. The van der Waals surface area contributed by atoms with Crippen LogP contribution in [0.1, 0.15) is 24.1 Å². The van der Waals surface area contributed by atoms with Crippen LogP contribution in [0.25, 0.3) is 0 Å². The van der Waals surface area contributed by atoms with Gasteiger partial charge in [0.05, 0.1) is 12.5 Å². The Morgan fingerprint density at radius 1 is 1.40 bits per heavy atom. The molecule has 0 saturated heterocycles. The summed E-state index contributed by atoms with van der Waals surface area (Å²) in [5.74, 6) is -1.02. The van der Waals surface area contributed by atoms with Crippen LogP contribution in [0, 0.1) is 11.8 Å². The lowest BCUT2D eigenvalue weighted by Gasteiger charge is -2.16. The first kappa shape index (κ1) is 15.3. The van der Waals surface area contributed by atoms with Gasteiger partial charge in [-0.15, -0.1) is 11.3 Å². The Bertz CT molecular complexity index is 492. The fraction of sp³-hybridized carbons (Fsp3) is 0.538. The normalized spacial score (nSPS) is 21.6. The number of carboxylic acid groups (broad SMARTS) is 1. The molecule has 5 nitrogen and oxygen atoms in total. The second kappa shape index (κ2) is 7.08. The lowest BCUT2D eigenvalue weighted by atomic mass is 9.96. The van der Waals surface area contributed by atoms with E-state index in [4.69, 9.17) is 5.11 Å². The van der Waals surface area contributed by atoms with E-state index in [0.717, 1.165) is 22.2 Å². The SMILES string of the molecule is O=C(NCc1sccc1Br)NCC1CCCC1C(=O)O. The minimum atomic E-state index is -0.753. The molecule has 0 aromatic carbocycles. The minimum absolute atomic E-state index is 0.0479. The van der Waals surface area contributed by atoms with E-state index in [9.17, 15) is 9.59 Å². The molecule has 2 unspecified atom stereocenters. The monoisotopic (exact) mass is 360 g/mol. The molecule has 7 heteroatoms. The molecule has 2 amide bonds. The largest absolute Gasteiger partial charge is 0.481 e. The van der Waals surface area contributed by atoms with Gasteiger partial charge in [-0.05, 0) is 46.1 Å². The highest BCUT2D eigenvalue weighted by Gasteiger charge is 2.32. The molecule has 0 aliphatic heterocycles. The van der Waals surface area contributed by atoms with E-state index in [0.29, 0.717) is 19.5 Å². The highest BCUT2D eigenvalue weighted by molar-refractivity contribution is 9.10. The summed E-state index contributed by atoms with van der Waals surface area (Å²) >= 11 is 4.98. The van der Waals surface area contributed by atoms with E-state index < -0.39 is 5.97 Å². The summed E-state index contributed by atoms with van der Waals surface area (Å²) < 4.78 is 0.990. The molecule has 1 heterocycles. The van der Waals surface area contributed by atoms with Crippen molar-refractivity contribution in [3.05, 3.63) is 20.8 Å². The van der Waals surface area contributed by atoms with Gasteiger partial charge >= 0.3 is 12.0 Å².